The molecule has 1 amide bonds. The summed E-state index contributed by atoms with van der Waals surface area (Å²) in [6.45, 7) is 3.46. The first-order chi connectivity index (χ1) is 15.5. The first kappa shape index (κ1) is 25.9. The highest BCUT2D eigenvalue weighted by atomic mass is 32.2. The number of non-ortho nitro benzene ring substituents is 1. The molecule has 0 fully saturated rings. The summed E-state index contributed by atoms with van der Waals surface area (Å²) in [4.78, 5) is 23.5. The molecule has 0 heterocycles. The van der Waals surface area contributed by atoms with Gasteiger partial charge in [0.25, 0.3) is 5.69 Å². The fraction of sp³-hybridized carbons (Fsp3) is 0.409. The van der Waals surface area contributed by atoms with Crippen LogP contribution in [0.25, 0.3) is 0 Å². The number of nitrogens with zero attached hydrogens (tertiary/aromatic N) is 2. The first-order valence-electron chi connectivity index (χ1n) is 10.2. The van der Waals surface area contributed by atoms with Gasteiger partial charge in [0.1, 0.15) is 23.7 Å². The molecule has 0 saturated heterocycles. The Kier molecular flexibility index (Phi) is 8.63. The van der Waals surface area contributed by atoms with Gasteiger partial charge in [-0.2, -0.15) is 0 Å². The first-order valence-corrected chi connectivity index (χ1v) is 12.0. The lowest BCUT2D eigenvalue weighted by atomic mass is 9.97. The van der Waals surface area contributed by atoms with E-state index in [1.165, 1.54) is 19.2 Å². The van der Waals surface area contributed by atoms with Gasteiger partial charge in [-0.3, -0.25) is 19.2 Å². The van der Waals surface area contributed by atoms with Gasteiger partial charge >= 0.3 is 0 Å². The SMILES string of the molecule is COc1ccc(C(CC(C)C)NC(=O)CN(c2cc([N+](=O)[O-])ccc2OC)S(C)(=O)=O)cc1. The Morgan fingerprint density at radius 1 is 1.12 bits per heavy atom. The maximum Gasteiger partial charge on any atom is 0.271 e. The van der Waals surface area contributed by atoms with Crippen molar-refractivity contribution in [3.63, 3.8) is 0 Å². The number of nitro benzene ring substituents is 1. The Balaban J connectivity index is 2.36. The second kappa shape index (κ2) is 11.0. The summed E-state index contributed by atoms with van der Waals surface area (Å²) < 4.78 is 36.2. The summed E-state index contributed by atoms with van der Waals surface area (Å²) in [7, 11) is -1.09. The minimum absolute atomic E-state index is 0.0887. The van der Waals surface area contributed by atoms with Crippen LogP contribution >= 0.6 is 0 Å². The van der Waals surface area contributed by atoms with Crippen molar-refractivity contribution < 1.29 is 27.6 Å². The Bertz CT molecular complexity index is 1090. The molecule has 0 radical (unpaired) electrons. The molecule has 0 saturated carbocycles. The van der Waals surface area contributed by atoms with Crippen LogP contribution in [-0.2, 0) is 14.8 Å². The van der Waals surface area contributed by atoms with Crippen molar-refractivity contribution in [2.24, 2.45) is 5.92 Å². The molecule has 1 N–H and O–H groups in total. The zero-order valence-electron chi connectivity index (χ0n) is 19.3. The van der Waals surface area contributed by atoms with Gasteiger partial charge in [0.05, 0.1) is 31.4 Å². The topological polar surface area (TPSA) is 128 Å². The van der Waals surface area contributed by atoms with E-state index in [1.807, 2.05) is 26.0 Å². The number of nitro groups is 1. The highest BCUT2D eigenvalue weighted by Gasteiger charge is 2.27. The van der Waals surface area contributed by atoms with Crippen LogP contribution in [0.2, 0.25) is 0 Å². The predicted octanol–water partition coefficient (Wildman–Crippen LogP) is 3.28. The number of hydrogen-bond acceptors (Lipinski definition) is 7. The summed E-state index contributed by atoms with van der Waals surface area (Å²) in [5.41, 5.74) is 0.432. The highest BCUT2D eigenvalue weighted by molar-refractivity contribution is 7.92. The Morgan fingerprint density at radius 2 is 1.76 bits per heavy atom. The lowest BCUT2D eigenvalue weighted by Gasteiger charge is -2.26. The number of nitrogens with one attached hydrogen (secondary N) is 1. The van der Waals surface area contributed by atoms with Crippen molar-refractivity contribution in [3.8, 4) is 11.5 Å². The molecule has 2 aromatic carbocycles. The van der Waals surface area contributed by atoms with E-state index in [-0.39, 0.29) is 29.1 Å². The van der Waals surface area contributed by atoms with Crippen LogP contribution in [0, 0.1) is 16.0 Å². The van der Waals surface area contributed by atoms with Crippen LogP contribution < -0.4 is 19.1 Å². The van der Waals surface area contributed by atoms with Crippen LogP contribution in [0.3, 0.4) is 0 Å². The monoisotopic (exact) mass is 479 g/mol. The predicted molar refractivity (Wildman–Crippen MR) is 125 cm³/mol. The summed E-state index contributed by atoms with van der Waals surface area (Å²) in [5, 5.41) is 14.1. The molecule has 11 heteroatoms. The van der Waals surface area contributed by atoms with Crippen molar-refractivity contribution in [2.75, 3.05) is 31.3 Å². The lowest BCUT2D eigenvalue weighted by molar-refractivity contribution is -0.384. The molecule has 0 aliphatic carbocycles. The third-order valence-corrected chi connectivity index (χ3v) is 6.02. The number of methoxy groups -OCH3 is 2. The number of hydrogen-bond donors (Lipinski definition) is 1. The van der Waals surface area contributed by atoms with Gasteiger partial charge in [0.15, 0.2) is 0 Å². The van der Waals surface area contributed by atoms with Gasteiger partial charge in [-0.15, -0.1) is 0 Å². The molecule has 180 valence electrons. The number of sulfonamides is 1. The average Bonchev–Trinajstić information content (AvgIpc) is 2.75. The van der Waals surface area contributed by atoms with E-state index in [4.69, 9.17) is 9.47 Å². The Labute approximate surface area is 193 Å². The van der Waals surface area contributed by atoms with E-state index in [2.05, 4.69) is 5.32 Å². The van der Waals surface area contributed by atoms with Crippen LogP contribution in [0.1, 0.15) is 31.9 Å². The largest absolute Gasteiger partial charge is 0.497 e. The molecule has 2 aromatic rings. The number of ether oxygens (including phenoxy) is 2. The molecular formula is C22H29N3O7S. The number of anilines is 1. The maximum atomic E-state index is 13.0. The van der Waals surface area contributed by atoms with Gasteiger partial charge in [0, 0.05) is 12.1 Å². The van der Waals surface area contributed by atoms with Gasteiger partial charge in [-0.1, -0.05) is 26.0 Å². The average molecular weight is 480 g/mol. The molecule has 2 rings (SSSR count). The number of amides is 1. The van der Waals surface area contributed by atoms with Gasteiger partial charge in [-0.05, 0) is 36.1 Å². The van der Waals surface area contributed by atoms with Crippen molar-refractivity contribution in [1.82, 2.24) is 5.32 Å². The quantitative estimate of drug-likeness (QED) is 0.387. The summed E-state index contributed by atoms with van der Waals surface area (Å²) in [6, 6.07) is 10.4. The molecule has 0 spiro atoms. The molecule has 0 bridgehead atoms. The second-order valence-electron chi connectivity index (χ2n) is 7.91. The second-order valence-corrected chi connectivity index (χ2v) is 9.81. The van der Waals surface area contributed by atoms with E-state index in [0.29, 0.717) is 12.2 Å². The Hall–Kier alpha value is -3.34. The zero-order chi connectivity index (χ0) is 24.8. The normalized spacial score (nSPS) is 12.2. The highest BCUT2D eigenvalue weighted by Crippen LogP contribution is 2.33. The fourth-order valence-corrected chi connectivity index (χ4v) is 4.18. The van der Waals surface area contributed by atoms with Gasteiger partial charge in [-0.25, -0.2) is 8.42 Å². The van der Waals surface area contributed by atoms with E-state index in [9.17, 15) is 23.3 Å². The van der Waals surface area contributed by atoms with Crippen LogP contribution in [0.5, 0.6) is 11.5 Å². The summed E-state index contributed by atoms with van der Waals surface area (Å²) >= 11 is 0. The maximum absolute atomic E-state index is 13.0. The third-order valence-electron chi connectivity index (χ3n) is 4.89. The van der Waals surface area contributed by atoms with E-state index in [1.54, 1.807) is 19.2 Å². The third kappa shape index (κ3) is 7.07. The van der Waals surface area contributed by atoms with Crippen molar-refractivity contribution in [2.45, 2.75) is 26.3 Å². The summed E-state index contributed by atoms with van der Waals surface area (Å²) in [6.07, 6.45) is 1.55. The number of benzene rings is 2. The minimum Gasteiger partial charge on any atom is -0.497 e. The number of carbonyl (C=O) groups is 1. The molecule has 1 atom stereocenters. The molecule has 0 aromatic heterocycles. The summed E-state index contributed by atoms with van der Waals surface area (Å²) in [5.74, 6) is 0.456. The Morgan fingerprint density at radius 3 is 2.24 bits per heavy atom. The van der Waals surface area contributed by atoms with E-state index < -0.39 is 27.4 Å². The molecule has 0 aliphatic rings. The number of carbonyl (C=O) groups excluding carboxylic acids is 1. The number of rotatable bonds is 11. The van der Waals surface area contributed by atoms with Crippen molar-refractivity contribution >= 4 is 27.3 Å². The molecular weight excluding hydrogens is 450 g/mol. The molecule has 10 nitrogen and oxygen atoms in total. The molecule has 1 unspecified atom stereocenters. The smallest absolute Gasteiger partial charge is 0.271 e. The lowest BCUT2D eigenvalue weighted by Crippen LogP contribution is -2.42. The molecule has 0 aliphatic heterocycles. The van der Waals surface area contributed by atoms with E-state index >= 15 is 0 Å². The standard InChI is InChI=1S/C22H29N3O7S/c1-15(2)12-19(16-6-9-18(31-3)10-7-16)23-22(26)14-24(33(5,29)30)20-13-17(25(27)28)8-11-21(20)32-4/h6-11,13,15,19H,12,14H2,1-5H3,(H,23,26). The fourth-order valence-electron chi connectivity index (χ4n) is 3.32. The minimum atomic E-state index is -3.97. The van der Waals surface area contributed by atoms with Crippen LogP contribution in [-0.4, -0.2) is 46.3 Å². The molecule has 33 heavy (non-hydrogen) atoms. The van der Waals surface area contributed by atoms with E-state index in [0.717, 1.165) is 22.2 Å². The van der Waals surface area contributed by atoms with Crippen molar-refractivity contribution in [1.29, 1.82) is 0 Å². The van der Waals surface area contributed by atoms with Gasteiger partial charge < -0.3 is 14.8 Å². The van der Waals surface area contributed by atoms with Crippen LogP contribution in [0.4, 0.5) is 11.4 Å². The van der Waals surface area contributed by atoms with Crippen LogP contribution in [0.15, 0.2) is 42.5 Å². The van der Waals surface area contributed by atoms with Crippen molar-refractivity contribution in [3.05, 3.63) is 58.1 Å². The van der Waals surface area contributed by atoms with Gasteiger partial charge in [0.2, 0.25) is 15.9 Å². The zero-order valence-corrected chi connectivity index (χ0v) is 20.1.